The minimum atomic E-state index is -0.522. The van der Waals surface area contributed by atoms with E-state index >= 15 is 0 Å². The van der Waals surface area contributed by atoms with Crippen LogP contribution in [0.25, 0.3) is 11.3 Å². The van der Waals surface area contributed by atoms with E-state index in [4.69, 9.17) is 13.9 Å². The minimum Gasteiger partial charge on any atom is -0.441 e. The zero-order chi connectivity index (χ0) is 16.9. The third-order valence-electron chi connectivity index (χ3n) is 3.98. The average Bonchev–Trinajstić information content (AvgIpc) is 3.25. The summed E-state index contributed by atoms with van der Waals surface area (Å²) in [6.45, 7) is 4.79. The highest BCUT2D eigenvalue weighted by atomic mass is 16.5. The summed E-state index contributed by atoms with van der Waals surface area (Å²) < 4.78 is 16.6. The second-order valence-corrected chi connectivity index (χ2v) is 5.92. The van der Waals surface area contributed by atoms with Gasteiger partial charge in [0.2, 0.25) is 0 Å². The van der Waals surface area contributed by atoms with Crippen LogP contribution in [0.2, 0.25) is 0 Å². The molecule has 24 heavy (non-hydrogen) atoms. The Labute approximate surface area is 141 Å². The molecule has 1 amide bonds. The molecule has 2 atom stereocenters. The first-order valence-corrected chi connectivity index (χ1v) is 8.19. The van der Waals surface area contributed by atoms with Gasteiger partial charge in [-0.15, -0.1) is 0 Å². The van der Waals surface area contributed by atoms with Gasteiger partial charge in [0.05, 0.1) is 18.9 Å². The molecular formula is C18H22N2O4. The molecule has 3 rings (SSSR count). The van der Waals surface area contributed by atoms with E-state index in [1.807, 2.05) is 24.3 Å². The molecular weight excluding hydrogens is 308 g/mol. The van der Waals surface area contributed by atoms with Crippen LogP contribution in [-0.2, 0) is 14.3 Å². The molecule has 1 aromatic carbocycles. The number of hydrogen-bond acceptors (Lipinski definition) is 5. The lowest BCUT2D eigenvalue weighted by Gasteiger charge is -2.16. The first-order valence-electron chi connectivity index (χ1n) is 8.19. The number of nitrogens with zero attached hydrogens (tertiary/aromatic N) is 1. The molecule has 6 heteroatoms. The van der Waals surface area contributed by atoms with Crippen LogP contribution in [0, 0.1) is 6.92 Å². The van der Waals surface area contributed by atoms with Crippen molar-refractivity contribution in [3.05, 3.63) is 36.4 Å². The van der Waals surface area contributed by atoms with E-state index in [1.165, 1.54) is 0 Å². The summed E-state index contributed by atoms with van der Waals surface area (Å²) in [6, 6.07) is 7.43. The Balaban J connectivity index is 1.52. The van der Waals surface area contributed by atoms with Gasteiger partial charge in [0.1, 0.15) is 6.10 Å². The van der Waals surface area contributed by atoms with Crippen LogP contribution in [0.15, 0.2) is 34.9 Å². The highest BCUT2D eigenvalue weighted by Crippen LogP contribution is 2.22. The molecule has 128 valence electrons. The van der Waals surface area contributed by atoms with Crippen molar-refractivity contribution in [2.75, 3.05) is 18.5 Å². The smallest absolute Gasteiger partial charge is 0.253 e. The second-order valence-electron chi connectivity index (χ2n) is 5.92. The summed E-state index contributed by atoms with van der Waals surface area (Å²) in [6.07, 6.45) is 3.34. The van der Waals surface area contributed by atoms with Crippen LogP contribution >= 0.6 is 0 Å². The van der Waals surface area contributed by atoms with Crippen molar-refractivity contribution in [1.29, 1.82) is 0 Å². The van der Waals surface area contributed by atoms with Crippen molar-refractivity contribution in [2.45, 2.75) is 38.9 Å². The predicted molar refractivity (Wildman–Crippen MR) is 89.7 cm³/mol. The van der Waals surface area contributed by atoms with Gasteiger partial charge < -0.3 is 19.2 Å². The monoisotopic (exact) mass is 330 g/mol. The Hall–Kier alpha value is -2.18. The lowest BCUT2D eigenvalue weighted by atomic mass is 10.1. The van der Waals surface area contributed by atoms with E-state index in [0.717, 1.165) is 25.0 Å². The van der Waals surface area contributed by atoms with Crippen molar-refractivity contribution < 1.29 is 18.7 Å². The van der Waals surface area contributed by atoms with E-state index in [1.54, 1.807) is 20.0 Å². The van der Waals surface area contributed by atoms with Gasteiger partial charge in [-0.1, -0.05) is 0 Å². The first kappa shape index (κ1) is 16.7. The summed E-state index contributed by atoms with van der Waals surface area (Å²) in [4.78, 5) is 16.2. The van der Waals surface area contributed by atoms with Gasteiger partial charge in [0.25, 0.3) is 5.91 Å². The number of hydrogen-bond donors (Lipinski definition) is 1. The van der Waals surface area contributed by atoms with Crippen molar-refractivity contribution in [2.24, 2.45) is 0 Å². The Morgan fingerprint density at radius 2 is 2.21 bits per heavy atom. The lowest BCUT2D eigenvalue weighted by Crippen LogP contribution is -2.30. The molecule has 1 fully saturated rings. The number of benzene rings is 1. The molecule has 1 N–H and O–H groups in total. The van der Waals surface area contributed by atoms with Gasteiger partial charge in [0, 0.05) is 24.8 Å². The molecule has 0 bridgehead atoms. The molecule has 1 aliphatic heterocycles. The minimum absolute atomic E-state index is 0.116. The molecule has 1 aliphatic rings. The Morgan fingerprint density at radius 1 is 1.42 bits per heavy atom. The number of oxazole rings is 1. The number of ether oxygens (including phenoxy) is 2. The quantitative estimate of drug-likeness (QED) is 0.880. The topological polar surface area (TPSA) is 73.6 Å². The van der Waals surface area contributed by atoms with E-state index in [2.05, 4.69) is 10.3 Å². The highest BCUT2D eigenvalue weighted by molar-refractivity contribution is 5.94. The zero-order valence-electron chi connectivity index (χ0n) is 14.0. The summed E-state index contributed by atoms with van der Waals surface area (Å²) in [5.74, 6) is 1.16. The van der Waals surface area contributed by atoms with E-state index in [-0.39, 0.29) is 12.0 Å². The van der Waals surface area contributed by atoms with Crippen LogP contribution in [0.4, 0.5) is 5.69 Å². The molecule has 0 radical (unpaired) electrons. The summed E-state index contributed by atoms with van der Waals surface area (Å²) in [5.41, 5.74) is 1.63. The molecule has 2 unspecified atom stereocenters. The summed E-state index contributed by atoms with van der Waals surface area (Å²) >= 11 is 0. The van der Waals surface area contributed by atoms with Crippen molar-refractivity contribution in [3.8, 4) is 11.3 Å². The number of rotatable bonds is 6. The highest BCUT2D eigenvalue weighted by Gasteiger charge is 2.20. The molecule has 0 aliphatic carbocycles. The lowest BCUT2D eigenvalue weighted by molar-refractivity contribution is -0.128. The maximum atomic E-state index is 12.2. The fourth-order valence-corrected chi connectivity index (χ4v) is 2.56. The maximum absolute atomic E-state index is 12.2. The first-order chi connectivity index (χ1) is 11.6. The van der Waals surface area contributed by atoms with E-state index in [9.17, 15) is 4.79 Å². The largest absolute Gasteiger partial charge is 0.441 e. The van der Waals surface area contributed by atoms with Gasteiger partial charge in [-0.25, -0.2) is 4.98 Å². The summed E-state index contributed by atoms with van der Waals surface area (Å²) in [5, 5.41) is 2.85. The van der Waals surface area contributed by atoms with Gasteiger partial charge >= 0.3 is 0 Å². The van der Waals surface area contributed by atoms with Crippen molar-refractivity contribution in [1.82, 2.24) is 4.98 Å². The normalized spacial score (nSPS) is 18.5. The Bertz CT molecular complexity index is 675. The van der Waals surface area contributed by atoms with Crippen LogP contribution < -0.4 is 5.32 Å². The van der Waals surface area contributed by atoms with Gasteiger partial charge in [-0.05, 0) is 44.0 Å². The van der Waals surface area contributed by atoms with E-state index < -0.39 is 6.10 Å². The number of aromatic nitrogens is 1. The Morgan fingerprint density at radius 3 is 2.83 bits per heavy atom. The van der Waals surface area contributed by atoms with Gasteiger partial charge in [0.15, 0.2) is 11.7 Å². The standard InChI is InChI=1S/C18H22N2O4/c1-12(23-11-16-4-3-9-22-16)18(21)20-15-7-5-14(6-8-15)17-10-19-13(2)24-17/h5-8,10,12,16H,3-4,9,11H2,1-2H3,(H,20,21). The fourth-order valence-electron chi connectivity index (χ4n) is 2.56. The number of carbonyl (C=O) groups is 1. The average molecular weight is 330 g/mol. The summed E-state index contributed by atoms with van der Waals surface area (Å²) in [7, 11) is 0. The molecule has 2 heterocycles. The molecule has 6 nitrogen and oxygen atoms in total. The van der Waals surface area contributed by atoms with E-state index in [0.29, 0.717) is 23.9 Å². The van der Waals surface area contributed by atoms with Crippen LogP contribution in [0.5, 0.6) is 0 Å². The predicted octanol–water partition coefficient (Wildman–Crippen LogP) is 3.17. The number of amides is 1. The number of aryl methyl sites for hydroxylation is 1. The SMILES string of the molecule is Cc1ncc(-c2ccc(NC(=O)C(C)OCC3CCCO3)cc2)o1. The maximum Gasteiger partial charge on any atom is 0.253 e. The molecule has 2 aromatic rings. The Kier molecular flexibility index (Phi) is 5.27. The van der Waals surface area contributed by atoms with Crippen LogP contribution in [0.1, 0.15) is 25.7 Å². The number of nitrogens with one attached hydrogen (secondary N) is 1. The van der Waals surface area contributed by atoms with Gasteiger partial charge in [-0.2, -0.15) is 0 Å². The van der Waals surface area contributed by atoms with Crippen molar-refractivity contribution >= 4 is 11.6 Å². The van der Waals surface area contributed by atoms with Crippen molar-refractivity contribution in [3.63, 3.8) is 0 Å². The molecule has 0 saturated carbocycles. The third-order valence-corrected chi connectivity index (χ3v) is 3.98. The van der Waals surface area contributed by atoms with Crippen LogP contribution in [0.3, 0.4) is 0 Å². The molecule has 1 saturated heterocycles. The second kappa shape index (κ2) is 7.59. The molecule has 1 aromatic heterocycles. The number of anilines is 1. The zero-order valence-corrected chi connectivity index (χ0v) is 14.0. The van der Waals surface area contributed by atoms with Crippen LogP contribution in [-0.4, -0.2) is 36.3 Å². The third kappa shape index (κ3) is 4.21. The fraction of sp³-hybridized carbons (Fsp3) is 0.444. The van der Waals surface area contributed by atoms with Gasteiger partial charge in [-0.3, -0.25) is 4.79 Å². The molecule has 0 spiro atoms. The number of carbonyl (C=O) groups excluding carboxylic acids is 1.